The highest BCUT2D eigenvalue weighted by Gasteiger charge is 2.30. The Kier molecular flexibility index (Phi) is 6.85. The number of halogens is 1. The van der Waals surface area contributed by atoms with Crippen molar-refractivity contribution in [3.63, 3.8) is 0 Å². The zero-order valence-electron chi connectivity index (χ0n) is 12.4. The summed E-state index contributed by atoms with van der Waals surface area (Å²) in [5.74, 6) is 0.905. The molecule has 20 heavy (non-hydrogen) atoms. The Balaban J connectivity index is 2.00. The summed E-state index contributed by atoms with van der Waals surface area (Å²) in [4.78, 5) is 4.53. The van der Waals surface area contributed by atoms with Crippen LogP contribution >= 0.6 is 27.7 Å². The van der Waals surface area contributed by atoms with E-state index in [0.29, 0.717) is 11.3 Å². The highest BCUT2D eigenvalue weighted by molar-refractivity contribution is 9.10. The van der Waals surface area contributed by atoms with E-state index in [4.69, 9.17) is 0 Å². The van der Waals surface area contributed by atoms with Gasteiger partial charge in [0.25, 0.3) is 0 Å². The van der Waals surface area contributed by atoms with E-state index in [1.54, 1.807) is 0 Å². The first-order chi connectivity index (χ1) is 9.72. The Bertz CT molecular complexity index is 396. The Morgan fingerprint density at radius 1 is 1.35 bits per heavy atom. The van der Waals surface area contributed by atoms with Crippen LogP contribution in [-0.2, 0) is 0 Å². The van der Waals surface area contributed by atoms with Gasteiger partial charge in [0, 0.05) is 22.0 Å². The van der Waals surface area contributed by atoms with Crippen LogP contribution < -0.4 is 5.32 Å². The quantitative estimate of drug-likeness (QED) is 0.785. The van der Waals surface area contributed by atoms with Gasteiger partial charge in [0.15, 0.2) is 0 Å². The minimum atomic E-state index is 0.642. The fraction of sp³-hybridized carbons (Fsp3) is 0.688. The summed E-state index contributed by atoms with van der Waals surface area (Å²) in [6, 6.07) is 4.86. The highest BCUT2D eigenvalue weighted by atomic mass is 79.9. The number of nitrogens with zero attached hydrogens (tertiary/aromatic N) is 1. The minimum absolute atomic E-state index is 0.642. The van der Waals surface area contributed by atoms with E-state index in [0.717, 1.165) is 22.0 Å². The molecule has 1 N–H and O–H groups in total. The van der Waals surface area contributed by atoms with Gasteiger partial charge < -0.3 is 5.32 Å². The molecule has 112 valence electrons. The maximum absolute atomic E-state index is 4.53. The summed E-state index contributed by atoms with van der Waals surface area (Å²) < 4.78 is 1.05. The largest absolute Gasteiger partial charge is 0.313 e. The zero-order valence-corrected chi connectivity index (χ0v) is 14.8. The molecule has 3 unspecified atom stereocenters. The molecule has 0 radical (unpaired) electrons. The SMILES string of the molecule is CCCC1CCC(NCC)C(Sc2ccc(Br)cn2)C1. The van der Waals surface area contributed by atoms with Gasteiger partial charge >= 0.3 is 0 Å². The molecule has 1 fully saturated rings. The second-order valence-electron chi connectivity index (χ2n) is 5.60. The van der Waals surface area contributed by atoms with Crippen LogP contribution in [0.3, 0.4) is 0 Å². The van der Waals surface area contributed by atoms with Crippen LogP contribution in [0.2, 0.25) is 0 Å². The summed E-state index contributed by atoms with van der Waals surface area (Å²) in [7, 11) is 0. The van der Waals surface area contributed by atoms with Crippen molar-refractivity contribution in [1.82, 2.24) is 10.3 Å². The summed E-state index contributed by atoms with van der Waals surface area (Å²) in [5, 5.41) is 5.48. The summed E-state index contributed by atoms with van der Waals surface area (Å²) >= 11 is 5.41. The van der Waals surface area contributed by atoms with Crippen LogP contribution in [0.15, 0.2) is 27.8 Å². The predicted molar refractivity (Wildman–Crippen MR) is 91.3 cm³/mol. The lowest BCUT2D eigenvalue weighted by molar-refractivity contribution is 0.289. The van der Waals surface area contributed by atoms with Crippen molar-refractivity contribution in [3.8, 4) is 0 Å². The lowest BCUT2D eigenvalue weighted by Crippen LogP contribution is -2.42. The second-order valence-corrected chi connectivity index (χ2v) is 7.78. The standard InChI is InChI=1S/C16H25BrN2S/c1-3-5-12-6-8-14(18-4-2)15(10-12)20-16-9-7-13(17)11-19-16/h7,9,11-12,14-15,18H,3-6,8,10H2,1-2H3. The monoisotopic (exact) mass is 356 g/mol. The van der Waals surface area contributed by atoms with E-state index in [9.17, 15) is 0 Å². The van der Waals surface area contributed by atoms with Gasteiger partial charge in [-0.15, -0.1) is 11.8 Å². The summed E-state index contributed by atoms with van der Waals surface area (Å²) in [6.07, 6.45) is 8.61. The van der Waals surface area contributed by atoms with Crippen LogP contribution in [0.5, 0.6) is 0 Å². The van der Waals surface area contributed by atoms with Crippen LogP contribution in [0.4, 0.5) is 0 Å². The average molecular weight is 357 g/mol. The zero-order chi connectivity index (χ0) is 14.4. The van der Waals surface area contributed by atoms with Crippen LogP contribution in [0.25, 0.3) is 0 Å². The van der Waals surface area contributed by atoms with Crippen molar-refractivity contribution in [2.45, 2.75) is 62.3 Å². The van der Waals surface area contributed by atoms with Crippen molar-refractivity contribution in [1.29, 1.82) is 0 Å². The molecule has 0 bridgehead atoms. The molecule has 0 aromatic carbocycles. The first-order valence-corrected chi connectivity index (χ1v) is 9.41. The Labute approximate surface area is 135 Å². The molecule has 0 saturated heterocycles. The van der Waals surface area contributed by atoms with Crippen LogP contribution in [-0.4, -0.2) is 22.8 Å². The van der Waals surface area contributed by atoms with E-state index in [1.807, 2.05) is 18.0 Å². The minimum Gasteiger partial charge on any atom is -0.313 e. The van der Waals surface area contributed by atoms with E-state index in [1.165, 1.54) is 32.1 Å². The Morgan fingerprint density at radius 3 is 2.85 bits per heavy atom. The molecule has 2 nitrogen and oxygen atoms in total. The topological polar surface area (TPSA) is 24.9 Å². The van der Waals surface area contributed by atoms with Crippen molar-refractivity contribution in [2.24, 2.45) is 5.92 Å². The lowest BCUT2D eigenvalue weighted by atomic mass is 9.83. The number of nitrogens with one attached hydrogen (secondary N) is 1. The molecule has 1 aromatic heterocycles. The number of pyridine rings is 1. The first-order valence-electron chi connectivity index (χ1n) is 7.74. The van der Waals surface area contributed by atoms with Gasteiger partial charge in [-0.2, -0.15) is 0 Å². The summed E-state index contributed by atoms with van der Waals surface area (Å²) in [6.45, 7) is 5.57. The summed E-state index contributed by atoms with van der Waals surface area (Å²) in [5.41, 5.74) is 0. The number of aromatic nitrogens is 1. The van der Waals surface area contributed by atoms with E-state index in [2.05, 4.69) is 52.2 Å². The van der Waals surface area contributed by atoms with Crippen molar-refractivity contribution >= 4 is 27.7 Å². The van der Waals surface area contributed by atoms with Crippen LogP contribution in [0, 0.1) is 5.92 Å². The highest BCUT2D eigenvalue weighted by Crippen LogP contribution is 2.37. The maximum atomic E-state index is 4.53. The normalized spacial score (nSPS) is 26.6. The molecule has 3 atom stereocenters. The van der Waals surface area contributed by atoms with E-state index >= 15 is 0 Å². The molecular formula is C16H25BrN2S. The van der Waals surface area contributed by atoms with Crippen molar-refractivity contribution in [2.75, 3.05) is 6.54 Å². The van der Waals surface area contributed by atoms with Gasteiger partial charge in [-0.1, -0.05) is 26.7 Å². The van der Waals surface area contributed by atoms with Crippen LogP contribution in [0.1, 0.15) is 46.0 Å². The number of hydrogen-bond donors (Lipinski definition) is 1. The Hall–Kier alpha value is -0.0600. The first kappa shape index (κ1) is 16.3. The van der Waals surface area contributed by atoms with E-state index < -0.39 is 0 Å². The third-order valence-electron chi connectivity index (χ3n) is 4.04. The predicted octanol–water partition coefficient (Wildman–Crippen LogP) is 4.88. The molecule has 1 aliphatic rings. The van der Waals surface area contributed by atoms with Crippen molar-refractivity contribution in [3.05, 3.63) is 22.8 Å². The average Bonchev–Trinajstić information content (AvgIpc) is 2.45. The molecule has 1 saturated carbocycles. The molecule has 2 rings (SSSR count). The number of thioether (sulfide) groups is 1. The second kappa shape index (κ2) is 8.40. The molecule has 0 spiro atoms. The van der Waals surface area contributed by atoms with Gasteiger partial charge in [-0.25, -0.2) is 4.98 Å². The van der Waals surface area contributed by atoms with Gasteiger partial charge in [-0.3, -0.25) is 0 Å². The lowest BCUT2D eigenvalue weighted by Gasteiger charge is -2.36. The van der Waals surface area contributed by atoms with Gasteiger partial charge in [-0.05, 0) is 59.8 Å². The molecule has 1 aliphatic carbocycles. The molecule has 0 amide bonds. The van der Waals surface area contributed by atoms with E-state index in [-0.39, 0.29) is 0 Å². The van der Waals surface area contributed by atoms with Gasteiger partial charge in [0.1, 0.15) is 0 Å². The fourth-order valence-electron chi connectivity index (χ4n) is 3.10. The Morgan fingerprint density at radius 2 is 2.20 bits per heavy atom. The van der Waals surface area contributed by atoms with Gasteiger partial charge in [0.05, 0.1) is 5.03 Å². The molecule has 1 heterocycles. The maximum Gasteiger partial charge on any atom is 0.0963 e. The number of rotatable bonds is 6. The fourth-order valence-corrected chi connectivity index (χ4v) is 4.67. The smallest absolute Gasteiger partial charge is 0.0963 e. The molecular weight excluding hydrogens is 332 g/mol. The third-order valence-corrected chi connectivity index (χ3v) is 5.81. The molecule has 4 heteroatoms. The van der Waals surface area contributed by atoms with Gasteiger partial charge in [0.2, 0.25) is 0 Å². The third kappa shape index (κ3) is 4.74. The molecule has 1 aromatic rings. The molecule has 0 aliphatic heterocycles. The van der Waals surface area contributed by atoms with Crippen molar-refractivity contribution < 1.29 is 0 Å². The number of hydrogen-bond acceptors (Lipinski definition) is 3.